The molecule has 1 aliphatic rings. The van der Waals surface area contributed by atoms with Gasteiger partial charge in [-0.3, -0.25) is 0 Å². The van der Waals surface area contributed by atoms with Crippen LogP contribution >= 0.6 is 23.5 Å². The first-order valence-corrected chi connectivity index (χ1v) is 6.64. The lowest BCUT2D eigenvalue weighted by Crippen LogP contribution is -2.07. The summed E-state index contributed by atoms with van der Waals surface area (Å²) < 4.78 is 5.41. The largest absolute Gasteiger partial charge is 0.497 e. The summed E-state index contributed by atoms with van der Waals surface area (Å²) in [5, 5.41) is 0. The van der Waals surface area contributed by atoms with Crippen molar-refractivity contribution in [3.63, 3.8) is 0 Å². The molecule has 1 aromatic rings. The summed E-state index contributed by atoms with van der Waals surface area (Å²) >= 11 is 4.07. The van der Waals surface area contributed by atoms with E-state index in [1.807, 2.05) is 35.7 Å². The Morgan fingerprint density at radius 1 is 1.14 bits per heavy atom. The molecular weight excluding hydrogens is 212 g/mol. The van der Waals surface area contributed by atoms with Crippen LogP contribution in [0.2, 0.25) is 0 Å². The zero-order valence-electron chi connectivity index (χ0n) is 8.45. The fourth-order valence-corrected chi connectivity index (χ4v) is 4.46. The molecule has 1 heterocycles. The molecular formula is C11H14OS2. The van der Waals surface area contributed by atoms with E-state index in [2.05, 4.69) is 19.1 Å². The van der Waals surface area contributed by atoms with E-state index >= 15 is 0 Å². The lowest BCUT2D eigenvalue weighted by atomic mass is 10.1. The number of benzene rings is 1. The Labute approximate surface area is 93.6 Å². The van der Waals surface area contributed by atoms with Crippen LogP contribution in [0.15, 0.2) is 24.3 Å². The van der Waals surface area contributed by atoms with E-state index in [0.29, 0.717) is 0 Å². The third kappa shape index (κ3) is 1.89. The maximum atomic E-state index is 5.15. The van der Waals surface area contributed by atoms with Gasteiger partial charge in [-0.1, -0.05) is 12.1 Å². The molecule has 1 nitrogen and oxygen atoms in total. The third-order valence-corrected chi connectivity index (χ3v) is 5.81. The van der Waals surface area contributed by atoms with Crippen molar-refractivity contribution < 1.29 is 4.74 Å². The average molecular weight is 226 g/mol. The summed E-state index contributed by atoms with van der Waals surface area (Å²) in [5.74, 6) is 3.45. The van der Waals surface area contributed by atoms with E-state index in [-0.39, 0.29) is 4.08 Å². The Morgan fingerprint density at radius 2 is 1.71 bits per heavy atom. The van der Waals surface area contributed by atoms with Gasteiger partial charge in [0.1, 0.15) is 5.75 Å². The third-order valence-electron chi connectivity index (χ3n) is 2.45. The number of methoxy groups -OCH3 is 1. The second-order valence-corrected chi connectivity index (χ2v) is 6.66. The molecule has 0 saturated carbocycles. The van der Waals surface area contributed by atoms with Crippen molar-refractivity contribution in [1.29, 1.82) is 0 Å². The maximum Gasteiger partial charge on any atom is 0.118 e. The number of hydrogen-bond donors (Lipinski definition) is 0. The van der Waals surface area contributed by atoms with Crippen molar-refractivity contribution in [2.24, 2.45) is 0 Å². The molecule has 76 valence electrons. The Morgan fingerprint density at radius 3 is 2.21 bits per heavy atom. The molecule has 14 heavy (non-hydrogen) atoms. The normalized spacial score (nSPS) is 19.6. The predicted octanol–water partition coefficient (Wildman–Crippen LogP) is 3.35. The summed E-state index contributed by atoms with van der Waals surface area (Å²) in [7, 11) is 1.70. The summed E-state index contributed by atoms with van der Waals surface area (Å²) in [6.07, 6.45) is 0. The molecule has 0 aliphatic carbocycles. The lowest BCUT2D eigenvalue weighted by molar-refractivity contribution is 0.414. The molecule has 1 aliphatic heterocycles. The maximum absolute atomic E-state index is 5.15. The van der Waals surface area contributed by atoms with E-state index < -0.39 is 0 Å². The van der Waals surface area contributed by atoms with Crippen LogP contribution in [0, 0.1) is 0 Å². The van der Waals surface area contributed by atoms with Gasteiger partial charge >= 0.3 is 0 Å². The topological polar surface area (TPSA) is 9.23 Å². The molecule has 1 saturated heterocycles. The van der Waals surface area contributed by atoms with Crippen molar-refractivity contribution in [2.45, 2.75) is 11.0 Å². The van der Waals surface area contributed by atoms with E-state index in [1.54, 1.807) is 7.11 Å². The highest BCUT2D eigenvalue weighted by Crippen LogP contribution is 2.51. The minimum Gasteiger partial charge on any atom is -0.497 e. The number of rotatable bonds is 2. The molecule has 1 fully saturated rings. The molecule has 0 atom stereocenters. The lowest BCUT2D eigenvalue weighted by Gasteiger charge is -2.22. The molecule has 0 spiro atoms. The molecule has 2 rings (SSSR count). The first-order valence-electron chi connectivity index (χ1n) is 4.67. The Bertz CT molecular complexity index is 302. The highest BCUT2D eigenvalue weighted by atomic mass is 32.2. The quantitative estimate of drug-likeness (QED) is 0.765. The highest BCUT2D eigenvalue weighted by molar-refractivity contribution is 8.20. The summed E-state index contributed by atoms with van der Waals surface area (Å²) in [6, 6.07) is 8.42. The van der Waals surface area contributed by atoms with Gasteiger partial charge in [0.25, 0.3) is 0 Å². The molecule has 1 aromatic carbocycles. The molecule has 3 heteroatoms. The Kier molecular flexibility index (Phi) is 2.98. The van der Waals surface area contributed by atoms with Gasteiger partial charge in [0.2, 0.25) is 0 Å². The van der Waals surface area contributed by atoms with Gasteiger partial charge in [-0.15, -0.1) is 23.5 Å². The van der Waals surface area contributed by atoms with Crippen LogP contribution in [-0.2, 0) is 4.08 Å². The van der Waals surface area contributed by atoms with Crippen molar-refractivity contribution >= 4 is 23.5 Å². The number of hydrogen-bond acceptors (Lipinski definition) is 3. The van der Waals surface area contributed by atoms with Crippen LogP contribution in [0.1, 0.15) is 12.5 Å². The number of thioether (sulfide) groups is 2. The van der Waals surface area contributed by atoms with Crippen molar-refractivity contribution in [3.05, 3.63) is 29.8 Å². The van der Waals surface area contributed by atoms with Crippen LogP contribution < -0.4 is 4.74 Å². The second-order valence-electron chi connectivity index (χ2n) is 3.37. The zero-order chi connectivity index (χ0) is 10.0. The van der Waals surface area contributed by atoms with Crippen molar-refractivity contribution in [3.8, 4) is 5.75 Å². The fourth-order valence-electron chi connectivity index (χ4n) is 1.57. The summed E-state index contributed by atoms with van der Waals surface area (Å²) in [4.78, 5) is 0. The van der Waals surface area contributed by atoms with Crippen LogP contribution in [0.4, 0.5) is 0 Å². The van der Waals surface area contributed by atoms with Crippen LogP contribution in [0.25, 0.3) is 0 Å². The van der Waals surface area contributed by atoms with Gasteiger partial charge in [-0.05, 0) is 24.6 Å². The first-order chi connectivity index (χ1) is 6.74. The van der Waals surface area contributed by atoms with Gasteiger partial charge in [0, 0.05) is 11.5 Å². The van der Waals surface area contributed by atoms with E-state index in [0.717, 1.165) is 5.75 Å². The predicted molar refractivity (Wildman–Crippen MR) is 65.3 cm³/mol. The Balaban J connectivity index is 2.23. The minimum absolute atomic E-state index is 0.256. The Hall–Kier alpha value is -0.280. The zero-order valence-corrected chi connectivity index (χ0v) is 10.1. The van der Waals surface area contributed by atoms with Crippen LogP contribution in [-0.4, -0.2) is 18.6 Å². The van der Waals surface area contributed by atoms with Crippen molar-refractivity contribution in [2.75, 3.05) is 18.6 Å². The minimum atomic E-state index is 0.256. The fraction of sp³-hybridized carbons (Fsp3) is 0.455. The van der Waals surface area contributed by atoms with Gasteiger partial charge in [-0.25, -0.2) is 0 Å². The molecule has 0 N–H and O–H groups in total. The molecule has 0 amide bonds. The molecule has 0 unspecified atom stereocenters. The average Bonchev–Trinajstić information content (AvgIpc) is 2.67. The second kappa shape index (κ2) is 4.07. The van der Waals surface area contributed by atoms with Gasteiger partial charge in [0.15, 0.2) is 0 Å². The monoisotopic (exact) mass is 226 g/mol. The summed E-state index contributed by atoms with van der Waals surface area (Å²) in [6.45, 7) is 2.30. The first kappa shape index (κ1) is 10.2. The van der Waals surface area contributed by atoms with E-state index in [9.17, 15) is 0 Å². The van der Waals surface area contributed by atoms with E-state index in [1.165, 1.54) is 17.1 Å². The molecule has 0 aromatic heterocycles. The standard InChI is InChI=1S/C11H14OS2/c1-11(13-7-8-14-11)9-3-5-10(12-2)6-4-9/h3-6H,7-8H2,1-2H3. The van der Waals surface area contributed by atoms with Gasteiger partial charge < -0.3 is 4.74 Å². The van der Waals surface area contributed by atoms with Gasteiger partial charge in [0.05, 0.1) is 11.2 Å². The van der Waals surface area contributed by atoms with Crippen LogP contribution in [0.5, 0.6) is 5.75 Å². The van der Waals surface area contributed by atoms with E-state index in [4.69, 9.17) is 4.74 Å². The molecule has 0 bridgehead atoms. The van der Waals surface area contributed by atoms with Gasteiger partial charge in [-0.2, -0.15) is 0 Å². The number of ether oxygens (including phenoxy) is 1. The van der Waals surface area contributed by atoms with Crippen molar-refractivity contribution in [1.82, 2.24) is 0 Å². The van der Waals surface area contributed by atoms with Crippen LogP contribution in [0.3, 0.4) is 0 Å². The summed E-state index contributed by atoms with van der Waals surface area (Å²) in [5.41, 5.74) is 1.39. The SMILES string of the molecule is COc1ccc(C2(C)SCCS2)cc1. The molecule has 0 radical (unpaired) electrons. The highest BCUT2D eigenvalue weighted by Gasteiger charge is 2.31. The smallest absolute Gasteiger partial charge is 0.118 e.